The van der Waals surface area contributed by atoms with Gasteiger partial charge in [-0.3, -0.25) is 0 Å². The molecule has 1 nitrogen and oxygen atoms in total. The molecule has 0 aromatic rings. The molecule has 1 rings (SSSR count). The number of hydrogen-bond acceptors (Lipinski definition) is 1. The Morgan fingerprint density at radius 1 is 1.36 bits per heavy atom. The van der Waals surface area contributed by atoms with E-state index >= 15 is 0 Å². The van der Waals surface area contributed by atoms with Crippen LogP contribution in [0.5, 0.6) is 0 Å². The minimum atomic E-state index is 0.415. The molecule has 0 N–H and O–H groups in total. The van der Waals surface area contributed by atoms with E-state index in [-0.39, 0.29) is 0 Å². The average molecular weight is 328 g/mol. The lowest BCUT2D eigenvalue weighted by Crippen LogP contribution is -2.20. The van der Waals surface area contributed by atoms with Crippen molar-refractivity contribution in [2.45, 2.75) is 45.1 Å². The van der Waals surface area contributed by atoms with E-state index in [0.717, 1.165) is 17.3 Å². The van der Waals surface area contributed by atoms with Crippen LogP contribution in [0.1, 0.15) is 39.0 Å². The third-order valence-corrected chi connectivity index (χ3v) is 5.68. The zero-order chi connectivity index (χ0) is 10.4. The molecule has 1 saturated heterocycles. The molecule has 3 heteroatoms. The molecule has 0 aromatic heterocycles. The summed E-state index contributed by atoms with van der Waals surface area (Å²) in [6.45, 7) is 3.31. The van der Waals surface area contributed by atoms with Crippen molar-refractivity contribution in [3.63, 3.8) is 0 Å². The minimum absolute atomic E-state index is 0.415. The molecule has 1 fully saturated rings. The lowest BCUT2D eigenvalue weighted by molar-refractivity contribution is 0.0996. The largest absolute Gasteiger partial charge is 0.378 e. The highest BCUT2D eigenvalue weighted by molar-refractivity contribution is 9.09. The molecule has 0 amide bonds. The fourth-order valence-electron chi connectivity index (χ4n) is 1.80. The molecule has 1 aliphatic heterocycles. The highest BCUT2D eigenvalue weighted by atomic mass is 79.9. The highest BCUT2D eigenvalue weighted by Gasteiger charge is 2.22. The van der Waals surface area contributed by atoms with Crippen molar-refractivity contribution in [2.24, 2.45) is 5.41 Å². The Kier molecular flexibility index (Phi) is 6.02. The second-order valence-corrected chi connectivity index (χ2v) is 5.73. The van der Waals surface area contributed by atoms with Gasteiger partial charge in [-0.15, -0.1) is 0 Å². The molecule has 0 aromatic carbocycles. The van der Waals surface area contributed by atoms with Crippen molar-refractivity contribution in [2.75, 3.05) is 17.3 Å². The summed E-state index contributed by atoms with van der Waals surface area (Å²) in [6.07, 6.45) is 6.92. The Morgan fingerprint density at radius 2 is 2.07 bits per heavy atom. The lowest BCUT2D eigenvalue weighted by Gasteiger charge is -2.25. The first-order valence-corrected chi connectivity index (χ1v) is 7.68. The summed E-state index contributed by atoms with van der Waals surface area (Å²) in [5, 5.41) is 2.16. The van der Waals surface area contributed by atoms with Gasteiger partial charge in [0.15, 0.2) is 0 Å². The summed E-state index contributed by atoms with van der Waals surface area (Å²) in [4.78, 5) is 0. The van der Waals surface area contributed by atoms with Crippen LogP contribution in [0.4, 0.5) is 0 Å². The third-order valence-electron chi connectivity index (χ3n) is 2.98. The first-order valence-electron chi connectivity index (χ1n) is 5.44. The molecule has 1 unspecified atom stereocenters. The first-order chi connectivity index (χ1) is 6.70. The number of rotatable bonds is 6. The zero-order valence-electron chi connectivity index (χ0n) is 8.90. The van der Waals surface area contributed by atoms with E-state index in [1.54, 1.807) is 0 Å². The maximum Gasteiger partial charge on any atom is 0.0576 e. The van der Waals surface area contributed by atoms with E-state index in [9.17, 15) is 0 Å². The van der Waals surface area contributed by atoms with Gasteiger partial charge >= 0.3 is 0 Å². The molecule has 1 aliphatic rings. The van der Waals surface area contributed by atoms with Crippen molar-refractivity contribution in [3.05, 3.63) is 0 Å². The molecule has 0 bridgehead atoms. The number of ether oxygens (including phenoxy) is 1. The molecule has 84 valence electrons. The van der Waals surface area contributed by atoms with Crippen LogP contribution < -0.4 is 0 Å². The van der Waals surface area contributed by atoms with Crippen LogP contribution in [0.25, 0.3) is 0 Å². The Morgan fingerprint density at radius 3 is 2.57 bits per heavy atom. The van der Waals surface area contributed by atoms with Gasteiger partial charge in [0.05, 0.1) is 6.10 Å². The summed E-state index contributed by atoms with van der Waals surface area (Å²) in [5.74, 6) is 0. The van der Waals surface area contributed by atoms with Gasteiger partial charge in [0.1, 0.15) is 0 Å². The van der Waals surface area contributed by atoms with Gasteiger partial charge in [0.25, 0.3) is 0 Å². The third kappa shape index (κ3) is 4.19. The lowest BCUT2D eigenvalue weighted by atomic mass is 9.89. The molecule has 1 atom stereocenters. The van der Waals surface area contributed by atoms with Crippen LogP contribution in [0.3, 0.4) is 0 Å². The Balaban J connectivity index is 2.12. The van der Waals surface area contributed by atoms with Gasteiger partial charge in [0, 0.05) is 17.3 Å². The van der Waals surface area contributed by atoms with Gasteiger partial charge in [-0.05, 0) is 31.1 Å². The van der Waals surface area contributed by atoms with E-state index in [1.165, 1.54) is 32.1 Å². The molecular weight excluding hydrogens is 308 g/mol. The van der Waals surface area contributed by atoms with Gasteiger partial charge in [-0.1, -0.05) is 45.2 Å². The van der Waals surface area contributed by atoms with Crippen LogP contribution in [-0.4, -0.2) is 23.4 Å². The van der Waals surface area contributed by atoms with Gasteiger partial charge < -0.3 is 4.74 Å². The summed E-state index contributed by atoms with van der Waals surface area (Å²) < 4.78 is 5.61. The molecule has 0 radical (unpaired) electrons. The molecular formula is C11H20Br2O. The second-order valence-electron chi connectivity index (χ2n) is 4.61. The topological polar surface area (TPSA) is 9.23 Å². The molecule has 1 heterocycles. The predicted molar refractivity (Wildman–Crippen MR) is 68.5 cm³/mol. The summed E-state index contributed by atoms with van der Waals surface area (Å²) in [7, 11) is 0. The zero-order valence-corrected chi connectivity index (χ0v) is 12.1. The molecule has 0 spiro atoms. The van der Waals surface area contributed by atoms with Crippen LogP contribution in [0.2, 0.25) is 0 Å². The number of hydrogen-bond donors (Lipinski definition) is 0. The maximum absolute atomic E-state index is 5.61. The van der Waals surface area contributed by atoms with Gasteiger partial charge in [0.2, 0.25) is 0 Å². The van der Waals surface area contributed by atoms with Crippen LogP contribution in [0, 0.1) is 5.41 Å². The molecule has 0 aliphatic carbocycles. The van der Waals surface area contributed by atoms with Gasteiger partial charge in [-0.2, -0.15) is 0 Å². The monoisotopic (exact) mass is 326 g/mol. The SMILES string of the molecule is CC(CBr)(CBr)CCCC1CCCO1. The standard InChI is InChI=1S/C11H20Br2O/c1-11(8-12,9-13)6-2-4-10-5-3-7-14-10/h10H,2-9H2,1H3. The molecule has 14 heavy (non-hydrogen) atoms. The number of alkyl halides is 2. The van der Waals surface area contributed by atoms with E-state index in [4.69, 9.17) is 4.74 Å². The smallest absolute Gasteiger partial charge is 0.0576 e. The van der Waals surface area contributed by atoms with Crippen LogP contribution >= 0.6 is 31.9 Å². The van der Waals surface area contributed by atoms with E-state index < -0.39 is 0 Å². The van der Waals surface area contributed by atoms with E-state index in [0.29, 0.717) is 11.5 Å². The Hall–Kier alpha value is 0.920. The normalized spacial score (nSPS) is 22.9. The summed E-state index contributed by atoms with van der Waals surface area (Å²) in [6, 6.07) is 0. The van der Waals surface area contributed by atoms with E-state index in [1.807, 2.05) is 0 Å². The highest BCUT2D eigenvalue weighted by Crippen LogP contribution is 2.30. The predicted octanol–water partition coefficient (Wildman–Crippen LogP) is 4.13. The van der Waals surface area contributed by atoms with E-state index in [2.05, 4.69) is 38.8 Å². The van der Waals surface area contributed by atoms with Crippen molar-refractivity contribution >= 4 is 31.9 Å². The van der Waals surface area contributed by atoms with Gasteiger partial charge in [-0.25, -0.2) is 0 Å². The van der Waals surface area contributed by atoms with Crippen LogP contribution in [0.15, 0.2) is 0 Å². The summed E-state index contributed by atoms with van der Waals surface area (Å²) >= 11 is 7.17. The fraction of sp³-hybridized carbons (Fsp3) is 1.00. The summed E-state index contributed by atoms with van der Waals surface area (Å²) in [5.41, 5.74) is 0.415. The second kappa shape index (κ2) is 6.49. The van der Waals surface area contributed by atoms with Crippen molar-refractivity contribution in [3.8, 4) is 0 Å². The Labute approximate surface area is 104 Å². The van der Waals surface area contributed by atoms with Crippen molar-refractivity contribution < 1.29 is 4.74 Å². The average Bonchev–Trinajstić information content (AvgIpc) is 2.70. The van der Waals surface area contributed by atoms with Crippen molar-refractivity contribution in [1.82, 2.24) is 0 Å². The van der Waals surface area contributed by atoms with Crippen LogP contribution in [-0.2, 0) is 4.74 Å². The Bertz CT molecular complexity index is 151. The minimum Gasteiger partial charge on any atom is -0.378 e. The van der Waals surface area contributed by atoms with Crippen molar-refractivity contribution in [1.29, 1.82) is 0 Å². The first kappa shape index (κ1) is 13.0. The molecule has 0 saturated carbocycles. The number of halogens is 2. The fourth-order valence-corrected chi connectivity index (χ4v) is 3.29. The quantitative estimate of drug-likeness (QED) is 0.666. The maximum atomic E-state index is 5.61.